The zero-order valence-electron chi connectivity index (χ0n) is 16.6. The number of carbonyl (C=O) groups is 1. The van der Waals surface area contributed by atoms with Crippen LogP contribution in [-0.2, 0) is 4.74 Å². The number of anilines is 1. The molecular weight excluding hydrogens is 444 g/mol. The number of carbonyl (C=O) groups excluding carboxylic acids is 1. The lowest BCUT2D eigenvalue weighted by atomic mass is 10.0. The van der Waals surface area contributed by atoms with Crippen LogP contribution in [0.1, 0.15) is 41.6 Å². The quantitative estimate of drug-likeness (QED) is 0.630. The molecule has 1 amide bonds. The van der Waals surface area contributed by atoms with Gasteiger partial charge in [0.15, 0.2) is 0 Å². The van der Waals surface area contributed by atoms with Gasteiger partial charge in [0, 0.05) is 48.1 Å². The molecule has 1 aromatic rings. The fraction of sp³-hybridized carbons (Fsp3) is 0.571. The van der Waals surface area contributed by atoms with Crippen molar-refractivity contribution >= 4 is 27.5 Å². The van der Waals surface area contributed by atoms with Crippen molar-refractivity contribution in [2.24, 2.45) is 0 Å². The van der Waals surface area contributed by atoms with Crippen LogP contribution in [0.25, 0.3) is 0 Å². The number of hydrogen-bond donors (Lipinski definition) is 2. The summed E-state index contributed by atoms with van der Waals surface area (Å²) in [5.41, 5.74) is 3.05. The monoisotopic (exact) mass is 471 g/mol. The Morgan fingerprint density at radius 1 is 1.38 bits per heavy atom. The molecule has 29 heavy (non-hydrogen) atoms. The van der Waals surface area contributed by atoms with Gasteiger partial charge in [-0.25, -0.2) is 8.78 Å². The fourth-order valence-electron chi connectivity index (χ4n) is 3.92. The molecule has 0 unspecified atom stereocenters. The van der Waals surface area contributed by atoms with Gasteiger partial charge in [-0.2, -0.15) is 0 Å². The smallest absolute Gasteiger partial charge is 0.255 e. The molecule has 8 heteroatoms. The molecule has 3 rings (SSSR count). The second kappa shape index (κ2) is 10.4. The number of nitrogens with zero attached hydrogens (tertiary/aromatic N) is 1. The van der Waals surface area contributed by atoms with E-state index in [0.717, 1.165) is 25.0 Å². The van der Waals surface area contributed by atoms with E-state index in [4.69, 9.17) is 4.74 Å². The summed E-state index contributed by atoms with van der Waals surface area (Å²) in [5.74, 6) is -0.194. The number of halogens is 3. The lowest BCUT2D eigenvalue weighted by Crippen LogP contribution is -2.43. The molecule has 160 valence electrons. The minimum absolute atomic E-state index is 0.0277. The van der Waals surface area contributed by atoms with Crippen molar-refractivity contribution < 1.29 is 18.3 Å². The van der Waals surface area contributed by atoms with Gasteiger partial charge in [0.1, 0.15) is 0 Å². The van der Waals surface area contributed by atoms with E-state index in [1.165, 1.54) is 0 Å². The molecule has 5 nitrogen and oxygen atoms in total. The summed E-state index contributed by atoms with van der Waals surface area (Å²) < 4.78 is 32.8. The van der Waals surface area contributed by atoms with Crippen LogP contribution in [0.2, 0.25) is 0 Å². The molecule has 1 fully saturated rings. The van der Waals surface area contributed by atoms with Crippen LogP contribution in [0, 0.1) is 6.92 Å². The minimum atomic E-state index is -2.46. The van der Waals surface area contributed by atoms with Crippen molar-refractivity contribution in [1.82, 2.24) is 10.6 Å². The summed E-state index contributed by atoms with van der Waals surface area (Å²) in [6, 6.07) is 3.56. The van der Waals surface area contributed by atoms with Gasteiger partial charge in [0.2, 0.25) is 0 Å². The number of amides is 1. The van der Waals surface area contributed by atoms with E-state index in [0.29, 0.717) is 53.9 Å². The standard InChI is InChI=1S/C21H28BrF2N3O2/c1-14-18(21(28)26-12-15-3-2-6-25-11-15)9-16(22)10-19(14)27(13-20(23)24)17-4-7-29-8-5-17/h9-11,17,20,25H,2-8,12-13H2,1H3,(H,26,28). The lowest BCUT2D eigenvalue weighted by Gasteiger charge is -2.37. The molecule has 0 radical (unpaired) electrons. The van der Waals surface area contributed by atoms with Crippen molar-refractivity contribution in [3.05, 3.63) is 39.5 Å². The van der Waals surface area contributed by atoms with Gasteiger partial charge in [0.05, 0.1) is 6.54 Å². The first-order valence-electron chi connectivity index (χ1n) is 10.1. The average Bonchev–Trinajstić information content (AvgIpc) is 2.73. The Morgan fingerprint density at radius 3 is 2.79 bits per heavy atom. The molecule has 0 atom stereocenters. The predicted molar refractivity (Wildman–Crippen MR) is 114 cm³/mol. The number of nitrogens with one attached hydrogen (secondary N) is 2. The third-order valence-corrected chi connectivity index (χ3v) is 5.92. The van der Waals surface area contributed by atoms with E-state index in [-0.39, 0.29) is 18.5 Å². The van der Waals surface area contributed by atoms with Gasteiger partial charge >= 0.3 is 0 Å². The number of alkyl halides is 2. The first kappa shape index (κ1) is 22.0. The van der Waals surface area contributed by atoms with Gasteiger partial charge in [0.25, 0.3) is 12.3 Å². The maximum atomic E-state index is 13.4. The van der Waals surface area contributed by atoms with Crippen LogP contribution in [0.15, 0.2) is 28.4 Å². The summed E-state index contributed by atoms with van der Waals surface area (Å²) in [6.07, 6.45) is 2.90. The molecule has 2 N–H and O–H groups in total. The predicted octanol–water partition coefficient (Wildman–Crippen LogP) is 4.01. The highest BCUT2D eigenvalue weighted by atomic mass is 79.9. The number of ether oxygens (including phenoxy) is 1. The van der Waals surface area contributed by atoms with E-state index in [2.05, 4.69) is 26.6 Å². The molecule has 0 aromatic heterocycles. The van der Waals surface area contributed by atoms with Crippen LogP contribution in [0.5, 0.6) is 0 Å². The van der Waals surface area contributed by atoms with Gasteiger partial charge in [-0.1, -0.05) is 15.9 Å². The Kier molecular flexibility index (Phi) is 7.89. The Hall–Kier alpha value is -1.67. The van der Waals surface area contributed by atoms with Crippen molar-refractivity contribution in [3.8, 4) is 0 Å². The van der Waals surface area contributed by atoms with E-state index < -0.39 is 6.43 Å². The molecule has 0 saturated carbocycles. The third kappa shape index (κ3) is 5.92. The zero-order valence-corrected chi connectivity index (χ0v) is 18.2. The van der Waals surface area contributed by atoms with Gasteiger partial charge in [-0.15, -0.1) is 0 Å². The summed E-state index contributed by atoms with van der Waals surface area (Å²) in [4.78, 5) is 14.6. The zero-order chi connectivity index (χ0) is 20.8. The summed E-state index contributed by atoms with van der Waals surface area (Å²) in [7, 11) is 0. The van der Waals surface area contributed by atoms with Crippen LogP contribution in [0.3, 0.4) is 0 Å². The molecular formula is C21H28BrF2N3O2. The number of benzene rings is 1. The maximum Gasteiger partial charge on any atom is 0.255 e. The van der Waals surface area contributed by atoms with E-state index in [1.54, 1.807) is 11.0 Å². The molecule has 2 aliphatic heterocycles. The topological polar surface area (TPSA) is 53.6 Å². The SMILES string of the molecule is Cc1c(C(=O)NCC2=CNCCC2)cc(Br)cc1N(CC(F)F)C1CCOCC1. The Labute approximate surface area is 179 Å². The summed E-state index contributed by atoms with van der Waals surface area (Å²) in [6.45, 7) is 4.03. The van der Waals surface area contributed by atoms with Crippen LogP contribution in [-0.4, -0.2) is 51.2 Å². The largest absolute Gasteiger partial charge is 0.391 e. The molecule has 0 spiro atoms. The second-order valence-electron chi connectivity index (χ2n) is 7.53. The lowest BCUT2D eigenvalue weighted by molar-refractivity contribution is 0.0787. The van der Waals surface area contributed by atoms with Gasteiger partial charge < -0.3 is 20.3 Å². The normalized spacial score (nSPS) is 17.6. The van der Waals surface area contributed by atoms with Crippen molar-refractivity contribution in [3.63, 3.8) is 0 Å². The molecule has 1 aromatic carbocycles. The van der Waals surface area contributed by atoms with Crippen molar-refractivity contribution in [1.29, 1.82) is 0 Å². The van der Waals surface area contributed by atoms with Crippen molar-refractivity contribution in [2.75, 3.05) is 37.7 Å². The Bertz CT molecular complexity index is 752. The maximum absolute atomic E-state index is 13.4. The molecule has 2 heterocycles. The Morgan fingerprint density at radius 2 is 2.14 bits per heavy atom. The molecule has 0 bridgehead atoms. The van der Waals surface area contributed by atoms with Gasteiger partial charge in [-0.05, 0) is 62.1 Å². The fourth-order valence-corrected chi connectivity index (χ4v) is 4.37. The first-order valence-corrected chi connectivity index (χ1v) is 10.9. The highest BCUT2D eigenvalue weighted by Gasteiger charge is 2.27. The average molecular weight is 472 g/mol. The minimum Gasteiger partial charge on any atom is -0.391 e. The summed E-state index contributed by atoms with van der Waals surface area (Å²) >= 11 is 3.46. The third-order valence-electron chi connectivity index (χ3n) is 5.47. The van der Waals surface area contributed by atoms with E-state index >= 15 is 0 Å². The highest BCUT2D eigenvalue weighted by Crippen LogP contribution is 2.32. The molecule has 0 aliphatic carbocycles. The molecule has 2 aliphatic rings. The van der Waals surface area contributed by atoms with Gasteiger partial charge in [-0.3, -0.25) is 4.79 Å². The Balaban J connectivity index is 1.83. The van der Waals surface area contributed by atoms with E-state index in [9.17, 15) is 13.6 Å². The molecule has 1 saturated heterocycles. The van der Waals surface area contributed by atoms with Crippen LogP contribution >= 0.6 is 15.9 Å². The van der Waals surface area contributed by atoms with Crippen LogP contribution in [0.4, 0.5) is 14.5 Å². The highest BCUT2D eigenvalue weighted by molar-refractivity contribution is 9.10. The van der Waals surface area contributed by atoms with Crippen molar-refractivity contribution in [2.45, 2.75) is 45.1 Å². The number of rotatable bonds is 7. The summed E-state index contributed by atoms with van der Waals surface area (Å²) in [5, 5.41) is 6.16. The van der Waals surface area contributed by atoms with E-state index in [1.807, 2.05) is 19.2 Å². The number of hydrogen-bond acceptors (Lipinski definition) is 4. The second-order valence-corrected chi connectivity index (χ2v) is 8.44. The first-order chi connectivity index (χ1) is 14.0. The van der Waals surface area contributed by atoms with Crippen LogP contribution < -0.4 is 15.5 Å².